The Morgan fingerprint density at radius 1 is 1.12 bits per heavy atom. The van der Waals surface area contributed by atoms with Gasteiger partial charge >= 0.3 is 0 Å². The zero-order chi connectivity index (χ0) is 11.7. The number of hydrogen-bond acceptors (Lipinski definition) is 2. The summed E-state index contributed by atoms with van der Waals surface area (Å²) in [6.07, 6.45) is 5.21. The lowest BCUT2D eigenvalue weighted by Crippen LogP contribution is -2.14. The van der Waals surface area contributed by atoms with Crippen molar-refractivity contribution in [1.29, 1.82) is 0 Å². The molecule has 2 aromatic rings. The van der Waals surface area contributed by atoms with E-state index in [1.807, 2.05) is 18.2 Å². The van der Waals surface area contributed by atoms with Gasteiger partial charge in [-0.25, -0.2) is 0 Å². The van der Waals surface area contributed by atoms with Gasteiger partial charge in [0.25, 0.3) is 0 Å². The second-order valence-electron chi connectivity index (χ2n) is 4.52. The third-order valence-electron chi connectivity index (χ3n) is 3.50. The molecule has 0 N–H and O–H groups in total. The molecule has 0 unspecified atom stereocenters. The average molecular weight is 226 g/mol. The monoisotopic (exact) mass is 226 g/mol. The second kappa shape index (κ2) is 4.21. The molecule has 1 aliphatic rings. The molecule has 1 aromatic heterocycles. The van der Waals surface area contributed by atoms with E-state index in [0.717, 1.165) is 5.56 Å². The normalized spacial score (nSPS) is 15.5. The Morgan fingerprint density at radius 3 is 2.59 bits per heavy atom. The van der Waals surface area contributed by atoms with E-state index in [4.69, 9.17) is 4.42 Å². The van der Waals surface area contributed by atoms with Gasteiger partial charge in [-0.2, -0.15) is 0 Å². The summed E-state index contributed by atoms with van der Waals surface area (Å²) in [5.74, 6) is 0.986. The first-order valence-corrected chi connectivity index (χ1v) is 6.03. The predicted octanol–water partition coefficient (Wildman–Crippen LogP) is 3.78. The van der Waals surface area contributed by atoms with Gasteiger partial charge in [-0.3, -0.25) is 4.79 Å². The lowest BCUT2D eigenvalue weighted by Gasteiger charge is -2.27. The van der Waals surface area contributed by atoms with E-state index < -0.39 is 0 Å². The molecule has 17 heavy (non-hydrogen) atoms. The first-order chi connectivity index (χ1) is 8.36. The summed E-state index contributed by atoms with van der Waals surface area (Å²) in [5.41, 5.74) is 1.98. The molecule has 0 aliphatic heterocycles. The van der Waals surface area contributed by atoms with E-state index in [1.165, 1.54) is 24.8 Å². The van der Waals surface area contributed by atoms with Crippen LogP contribution in [0.4, 0.5) is 0 Å². The SMILES string of the molecule is O=C(c1ccco1)c1ccccc1C1CCC1. The fourth-order valence-electron chi connectivity index (χ4n) is 2.32. The molecule has 2 nitrogen and oxygen atoms in total. The predicted molar refractivity (Wildman–Crippen MR) is 65.2 cm³/mol. The van der Waals surface area contributed by atoms with Gasteiger partial charge in [0, 0.05) is 5.56 Å². The van der Waals surface area contributed by atoms with Crippen molar-refractivity contribution < 1.29 is 9.21 Å². The maximum atomic E-state index is 12.3. The van der Waals surface area contributed by atoms with Crippen molar-refractivity contribution in [3.05, 3.63) is 59.5 Å². The molecule has 0 atom stereocenters. The van der Waals surface area contributed by atoms with Gasteiger partial charge in [0.05, 0.1) is 6.26 Å². The summed E-state index contributed by atoms with van der Waals surface area (Å²) in [5, 5.41) is 0. The van der Waals surface area contributed by atoms with Crippen molar-refractivity contribution in [3.63, 3.8) is 0 Å². The Balaban J connectivity index is 1.99. The average Bonchev–Trinajstić information content (AvgIpc) is 2.80. The highest BCUT2D eigenvalue weighted by Crippen LogP contribution is 2.38. The Labute approximate surface area is 100 Å². The van der Waals surface area contributed by atoms with Crippen LogP contribution < -0.4 is 0 Å². The summed E-state index contributed by atoms with van der Waals surface area (Å²) in [6, 6.07) is 11.4. The van der Waals surface area contributed by atoms with Crippen molar-refractivity contribution in [2.24, 2.45) is 0 Å². The van der Waals surface area contributed by atoms with Gasteiger partial charge in [0.1, 0.15) is 0 Å². The van der Waals surface area contributed by atoms with E-state index in [2.05, 4.69) is 6.07 Å². The molecule has 86 valence electrons. The highest BCUT2D eigenvalue weighted by molar-refractivity contribution is 6.08. The first kappa shape index (κ1) is 10.3. The minimum atomic E-state index is -0.00231. The maximum Gasteiger partial charge on any atom is 0.228 e. The Bertz CT molecular complexity index is 522. The van der Waals surface area contributed by atoms with Gasteiger partial charge in [0.2, 0.25) is 5.78 Å². The highest BCUT2D eigenvalue weighted by atomic mass is 16.3. The van der Waals surface area contributed by atoms with Gasteiger partial charge in [-0.05, 0) is 36.5 Å². The lowest BCUT2D eigenvalue weighted by molar-refractivity contribution is 0.101. The molecular weight excluding hydrogens is 212 g/mol. The molecule has 3 rings (SSSR count). The smallest absolute Gasteiger partial charge is 0.228 e. The van der Waals surface area contributed by atoms with Crippen LogP contribution in [0.5, 0.6) is 0 Å². The summed E-state index contributed by atoms with van der Waals surface area (Å²) >= 11 is 0. The van der Waals surface area contributed by atoms with Crippen molar-refractivity contribution in [2.75, 3.05) is 0 Å². The molecule has 1 aromatic carbocycles. The molecule has 0 saturated heterocycles. The molecular formula is C15H14O2. The fraction of sp³-hybridized carbons (Fsp3) is 0.267. The van der Waals surface area contributed by atoms with Crippen LogP contribution in [0.1, 0.15) is 46.9 Å². The molecule has 1 heterocycles. The third kappa shape index (κ3) is 1.80. The number of benzene rings is 1. The van der Waals surface area contributed by atoms with Crippen LogP contribution in [0, 0.1) is 0 Å². The number of ketones is 1. The van der Waals surface area contributed by atoms with E-state index in [0.29, 0.717) is 11.7 Å². The number of rotatable bonds is 3. The quantitative estimate of drug-likeness (QED) is 0.745. The van der Waals surface area contributed by atoms with Gasteiger partial charge < -0.3 is 4.42 Å². The van der Waals surface area contributed by atoms with Crippen LogP contribution >= 0.6 is 0 Å². The molecule has 1 aliphatic carbocycles. The topological polar surface area (TPSA) is 30.2 Å². The van der Waals surface area contributed by atoms with E-state index in [9.17, 15) is 4.79 Å². The summed E-state index contributed by atoms with van der Waals surface area (Å²) < 4.78 is 5.19. The van der Waals surface area contributed by atoms with Crippen LogP contribution in [0.15, 0.2) is 47.1 Å². The lowest BCUT2D eigenvalue weighted by atomic mass is 9.77. The van der Waals surface area contributed by atoms with Crippen LogP contribution in [0.25, 0.3) is 0 Å². The van der Waals surface area contributed by atoms with Crippen molar-refractivity contribution in [1.82, 2.24) is 0 Å². The van der Waals surface area contributed by atoms with Crippen LogP contribution in [0.2, 0.25) is 0 Å². The van der Waals surface area contributed by atoms with Crippen molar-refractivity contribution in [2.45, 2.75) is 25.2 Å². The first-order valence-electron chi connectivity index (χ1n) is 6.03. The fourth-order valence-corrected chi connectivity index (χ4v) is 2.32. The molecule has 0 radical (unpaired) electrons. The number of hydrogen-bond donors (Lipinski definition) is 0. The van der Waals surface area contributed by atoms with E-state index >= 15 is 0 Å². The third-order valence-corrected chi connectivity index (χ3v) is 3.50. The zero-order valence-electron chi connectivity index (χ0n) is 9.56. The van der Waals surface area contributed by atoms with E-state index in [-0.39, 0.29) is 5.78 Å². The van der Waals surface area contributed by atoms with Gasteiger partial charge in [-0.1, -0.05) is 30.7 Å². The van der Waals surface area contributed by atoms with Gasteiger partial charge in [-0.15, -0.1) is 0 Å². The van der Waals surface area contributed by atoms with Crippen LogP contribution in [-0.2, 0) is 0 Å². The summed E-state index contributed by atoms with van der Waals surface area (Å²) in [7, 11) is 0. The number of furan rings is 1. The molecule has 0 amide bonds. The minimum absolute atomic E-state index is 0.00231. The Kier molecular flexibility index (Phi) is 2.56. The van der Waals surface area contributed by atoms with Gasteiger partial charge in [0.15, 0.2) is 5.76 Å². The Morgan fingerprint density at radius 2 is 1.94 bits per heavy atom. The highest BCUT2D eigenvalue weighted by Gasteiger charge is 2.25. The number of carbonyl (C=O) groups excluding carboxylic acids is 1. The zero-order valence-corrected chi connectivity index (χ0v) is 9.56. The molecule has 1 saturated carbocycles. The minimum Gasteiger partial charge on any atom is -0.461 e. The molecule has 2 heteroatoms. The number of carbonyl (C=O) groups is 1. The summed E-state index contributed by atoms with van der Waals surface area (Å²) in [4.78, 5) is 12.3. The van der Waals surface area contributed by atoms with Crippen molar-refractivity contribution >= 4 is 5.78 Å². The summed E-state index contributed by atoms with van der Waals surface area (Å²) in [6.45, 7) is 0. The largest absolute Gasteiger partial charge is 0.461 e. The Hall–Kier alpha value is -1.83. The maximum absolute atomic E-state index is 12.3. The van der Waals surface area contributed by atoms with Crippen LogP contribution in [-0.4, -0.2) is 5.78 Å². The van der Waals surface area contributed by atoms with Crippen molar-refractivity contribution in [3.8, 4) is 0 Å². The molecule has 0 spiro atoms. The molecule has 0 bridgehead atoms. The standard InChI is InChI=1S/C15H14O2/c16-15(14-9-4-10-17-14)13-8-2-1-7-12(13)11-5-3-6-11/h1-2,4,7-11H,3,5-6H2. The second-order valence-corrected chi connectivity index (χ2v) is 4.52. The van der Waals surface area contributed by atoms with Crippen LogP contribution in [0.3, 0.4) is 0 Å². The van der Waals surface area contributed by atoms with E-state index in [1.54, 1.807) is 18.4 Å². The molecule has 1 fully saturated rings.